The lowest BCUT2D eigenvalue weighted by Gasteiger charge is -2.00. The molecule has 0 aliphatic carbocycles. The van der Waals surface area contributed by atoms with Gasteiger partial charge >= 0.3 is 0 Å². The third-order valence-electron chi connectivity index (χ3n) is 2.13. The van der Waals surface area contributed by atoms with Crippen molar-refractivity contribution in [2.75, 3.05) is 0 Å². The maximum atomic E-state index is 10.8. The van der Waals surface area contributed by atoms with Crippen LogP contribution in [0.3, 0.4) is 0 Å². The first-order valence-corrected chi connectivity index (χ1v) is 6.36. The van der Waals surface area contributed by atoms with E-state index in [1.807, 2.05) is 30.3 Å². The summed E-state index contributed by atoms with van der Waals surface area (Å²) >= 11 is 0. The Morgan fingerprint density at radius 1 is 1.29 bits per heavy atom. The van der Waals surface area contributed by atoms with Gasteiger partial charge in [0.1, 0.15) is 0 Å². The fourth-order valence-corrected chi connectivity index (χ4v) is 1.93. The summed E-state index contributed by atoms with van der Waals surface area (Å²) in [6.45, 7) is 0. The molecule has 6 heteroatoms. The number of rotatable bonds is 5. The molecule has 92 valence electrons. The third kappa shape index (κ3) is 4.38. The van der Waals surface area contributed by atoms with Crippen molar-refractivity contribution in [3.05, 3.63) is 46.9 Å². The Bertz CT molecular complexity index is 520. The number of carbonyl (C=O) groups excluding carboxylic acids is 1. The Kier molecular flexibility index (Phi) is 4.42. The molecule has 0 aliphatic heterocycles. The largest absolute Gasteiger partial charge is 0.365 e. The summed E-state index contributed by atoms with van der Waals surface area (Å²) in [6, 6.07) is 9.34. The molecule has 1 amide bonds. The summed E-state index contributed by atoms with van der Waals surface area (Å²) in [5.41, 5.74) is 5.86. The third-order valence-corrected chi connectivity index (χ3v) is 3.05. The lowest BCUT2D eigenvalue weighted by Crippen LogP contribution is -2.20. The monoisotopic (exact) mass is 255 g/mol. The normalized spacial score (nSPS) is 12.4. The quantitative estimate of drug-likeness (QED) is 0.602. The highest BCUT2D eigenvalue weighted by atomic mass is 32.2. The second-order valence-corrected chi connectivity index (χ2v) is 4.82. The van der Waals surface area contributed by atoms with Crippen LogP contribution in [0.4, 0.5) is 0 Å². The van der Waals surface area contributed by atoms with Crippen LogP contribution in [0.2, 0.25) is 0 Å². The van der Waals surface area contributed by atoms with Crippen LogP contribution >= 0.6 is 0 Å². The van der Waals surface area contributed by atoms with Gasteiger partial charge in [0, 0.05) is 0 Å². The number of hydrogen-bond donors (Lipinski definition) is 2. The van der Waals surface area contributed by atoms with E-state index in [0.717, 1.165) is 11.6 Å². The lowest BCUT2D eigenvalue weighted by molar-refractivity contribution is -0.114. The first-order valence-electron chi connectivity index (χ1n) is 4.92. The molecule has 1 rings (SSSR count). The van der Waals surface area contributed by atoms with Gasteiger partial charge in [-0.25, -0.2) is 0 Å². The highest BCUT2D eigenvalue weighted by molar-refractivity contribution is 7.90. The highest BCUT2D eigenvalue weighted by Gasteiger charge is 2.18. The van der Waals surface area contributed by atoms with Crippen molar-refractivity contribution < 1.29 is 17.8 Å². The minimum atomic E-state index is -4.53. The average Bonchev–Trinajstić information content (AvgIpc) is 2.23. The number of benzene rings is 1. The molecule has 5 nitrogen and oxygen atoms in total. The number of aryl methyl sites for hydroxylation is 1. The molecule has 0 radical (unpaired) electrons. The zero-order chi connectivity index (χ0) is 12.9. The molecule has 1 aromatic carbocycles. The molecule has 3 N–H and O–H groups in total. The van der Waals surface area contributed by atoms with E-state index >= 15 is 0 Å². The minimum absolute atomic E-state index is 0.308. The molecule has 0 heterocycles. The molecule has 0 aliphatic rings. The van der Waals surface area contributed by atoms with Crippen molar-refractivity contribution >= 4 is 16.0 Å². The van der Waals surface area contributed by atoms with Crippen LogP contribution in [0, 0.1) is 0 Å². The number of carbonyl (C=O) groups is 1. The Balaban J connectivity index is 2.73. The van der Waals surface area contributed by atoms with Gasteiger partial charge in [0.2, 0.25) is 0 Å². The number of amides is 1. The summed E-state index contributed by atoms with van der Waals surface area (Å²) in [5, 5.41) is 0. The van der Waals surface area contributed by atoms with Crippen LogP contribution in [0.15, 0.2) is 41.3 Å². The molecule has 0 aromatic heterocycles. The van der Waals surface area contributed by atoms with E-state index in [4.69, 9.17) is 10.3 Å². The van der Waals surface area contributed by atoms with Gasteiger partial charge in [-0.05, 0) is 18.4 Å². The van der Waals surface area contributed by atoms with Crippen LogP contribution in [-0.4, -0.2) is 18.9 Å². The molecular weight excluding hydrogens is 242 g/mol. The molecule has 0 fully saturated rings. The average molecular weight is 255 g/mol. The zero-order valence-electron chi connectivity index (χ0n) is 9.04. The van der Waals surface area contributed by atoms with Gasteiger partial charge < -0.3 is 5.73 Å². The first-order chi connectivity index (χ1) is 7.91. The number of primary amides is 1. The number of allylic oxidation sites excluding steroid dienone is 1. The molecule has 0 atom stereocenters. The fourth-order valence-electron chi connectivity index (χ4n) is 1.35. The summed E-state index contributed by atoms with van der Waals surface area (Å²) in [7, 11) is -4.53. The molecule has 0 saturated carbocycles. The standard InChI is InChI=1S/C11H13NO4S/c12-11(13)10(17(14,15)16)8-4-7-9-5-2-1-3-6-9/h1-3,5-6,8H,4,7H2,(H2,12,13)(H,14,15,16)/b10-8+. The topological polar surface area (TPSA) is 97.5 Å². The Hall–Kier alpha value is -1.66. The Morgan fingerprint density at radius 2 is 1.88 bits per heavy atom. The minimum Gasteiger partial charge on any atom is -0.365 e. The number of nitrogens with two attached hydrogens (primary N) is 1. The van der Waals surface area contributed by atoms with E-state index in [-0.39, 0.29) is 0 Å². The Labute approximate surface area is 99.7 Å². The number of hydrogen-bond acceptors (Lipinski definition) is 3. The van der Waals surface area contributed by atoms with Gasteiger partial charge in [-0.15, -0.1) is 0 Å². The summed E-state index contributed by atoms with van der Waals surface area (Å²) < 4.78 is 30.4. The van der Waals surface area contributed by atoms with E-state index in [9.17, 15) is 13.2 Å². The molecule has 17 heavy (non-hydrogen) atoms. The van der Waals surface area contributed by atoms with Gasteiger partial charge in [-0.3, -0.25) is 9.35 Å². The van der Waals surface area contributed by atoms with Crippen LogP contribution in [0.5, 0.6) is 0 Å². The van der Waals surface area contributed by atoms with Crippen molar-refractivity contribution in [1.29, 1.82) is 0 Å². The van der Waals surface area contributed by atoms with Crippen molar-refractivity contribution in [1.82, 2.24) is 0 Å². The van der Waals surface area contributed by atoms with E-state index in [2.05, 4.69) is 0 Å². The van der Waals surface area contributed by atoms with Crippen molar-refractivity contribution in [3.63, 3.8) is 0 Å². The summed E-state index contributed by atoms with van der Waals surface area (Å²) in [6.07, 6.45) is 2.00. The van der Waals surface area contributed by atoms with Gasteiger partial charge in [0.25, 0.3) is 16.0 Å². The predicted octanol–water partition coefficient (Wildman–Crippen LogP) is 0.876. The van der Waals surface area contributed by atoms with Gasteiger partial charge in [-0.2, -0.15) is 8.42 Å². The van der Waals surface area contributed by atoms with Crippen LogP contribution in [0.1, 0.15) is 12.0 Å². The van der Waals surface area contributed by atoms with Crippen LogP contribution in [0.25, 0.3) is 0 Å². The molecule has 0 unspecified atom stereocenters. The van der Waals surface area contributed by atoms with Crippen LogP contribution in [-0.2, 0) is 21.3 Å². The van der Waals surface area contributed by atoms with Crippen LogP contribution < -0.4 is 5.73 Å². The Morgan fingerprint density at radius 3 is 2.35 bits per heavy atom. The molecule has 0 saturated heterocycles. The molecule has 0 bridgehead atoms. The smallest absolute Gasteiger partial charge is 0.299 e. The van der Waals surface area contributed by atoms with Gasteiger partial charge in [-0.1, -0.05) is 36.4 Å². The first kappa shape index (κ1) is 13.4. The van der Waals surface area contributed by atoms with Gasteiger partial charge in [0.05, 0.1) is 0 Å². The van der Waals surface area contributed by atoms with Crippen molar-refractivity contribution in [2.24, 2.45) is 5.73 Å². The van der Waals surface area contributed by atoms with Crippen molar-refractivity contribution in [3.8, 4) is 0 Å². The van der Waals surface area contributed by atoms with E-state index in [1.54, 1.807) is 0 Å². The SMILES string of the molecule is NC(=O)/C(=C\CCc1ccccc1)S(=O)(=O)O. The van der Waals surface area contributed by atoms with Gasteiger partial charge in [0.15, 0.2) is 4.91 Å². The summed E-state index contributed by atoms with van der Waals surface area (Å²) in [4.78, 5) is 10.0. The molecule has 0 spiro atoms. The maximum absolute atomic E-state index is 10.8. The highest BCUT2D eigenvalue weighted by Crippen LogP contribution is 2.08. The summed E-state index contributed by atoms with van der Waals surface area (Å²) in [5.74, 6) is -1.15. The second-order valence-electron chi connectivity index (χ2n) is 3.43. The fraction of sp³-hybridized carbons (Fsp3) is 0.182. The lowest BCUT2D eigenvalue weighted by atomic mass is 10.1. The second kappa shape index (κ2) is 5.60. The van der Waals surface area contributed by atoms with E-state index in [0.29, 0.717) is 12.8 Å². The molecule has 1 aromatic rings. The predicted molar refractivity (Wildman–Crippen MR) is 63.6 cm³/mol. The molecular formula is C11H13NO4S. The van der Waals surface area contributed by atoms with E-state index in [1.165, 1.54) is 0 Å². The van der Waals surface area contributed by atoms with Crippen molar-refractivity contribution in [2.45, 2.75) is 12.8 Å². The van der Waals surface area contributed by atoms with E-state index < -0.39 is 20.9 Å². The zero-order valence-corrected chi connectivity index (χ0v) is 9.85. The maximum Gasteiger partial charge on any atom is 0.299 e.